The first-order valence-electron chi connectivity index (χ1n) is 7.62. The first kappa shape index (κ1) is 14.3. The molecule has 3 rings (SSSR count). The summed E-state index contributed by atoms with van der Waals surface area (Å²) >= 11 is 1.43. The van der Waals surface area contributed by atoms with Crippen LogP contribution in [0.25, 0.3) is 10.2 Å². The predicted molar refractivity (Wildman–Crippen MR) is 87.6 cm³/mol. The number of carbonyl (C=O) groups excluding carboxylic acids is 1. The molecular weight excluding hydrogens is 282 g/mol. The Labute approximate surface area is 129 Å². The van der Waals surface area contributed by atoms with Crippen LogP contribution in [-0.2, 0) is 0 Å². The molecule has 0 atom stereocenters. The first-order valence-corrected chi connectivity index (χ1v) is 8.44. The summed E-state index contributed by atoms with van der Waals surface area (Å²) in [5.41, 5.74) is 7.34. The second-order valence-corrected chi connectivity index (χ2v) is 6.82. The van der Waals surface area contributed by atoms with Crippen molar-refractivity contribution in [1.29, 1.82) is 0 Å². The van der Waals surface area contributed by atoms with Gasteiger partial charge in [0.2, 0.25) is 0 Å². The van der Waals surface area contributed by atoms with Crippen molar-refractivity contribution in [2.45, 2.75) is 32.6 Å². The van der Waals surface area contributed by atoms with Gasteiger partial charge in [-0.3, -0.25) is 4.79 Å². The summed E-state index contributed by atoms with van der Waals surface area (Å²) in [5.74, 6) is 0.932. The Bertz CT molecular complexity index is 644. The molecule has 0 saturated carbocycles. The molecule has 1 aromatic carbocycles. The molecule has 1 aliphatic rings. The Hall–Kier alpha value is -1.62. The van der Waals surface area contributed by atoms with E-state index in [-0.39, 0.29) is 5.91 Å². The summed E-state index contributed by atoms with van der Waals surface area (Å²) in [4.78, 5) is 18.8. The molecule has 5 heteroatoms. The van der Waals surface area contributed by atoms with E-state index in [0.29, 0.717) is 5.13 Å². The maximum Gasteiger partial charge on any atom is 0.253 e. The molecule has 1 amide bonds. The molecule has 0 radical (unpaired) electrons. The van der Waals surface area contributed by atoms with Gasteiger partial charge in [0.05, 0.1) is 10.2 Å². The SMILES string of the molecule is CCCC1CCN(C(=O)c2ccc3nc(N)sc3c2)CC1. The van der Waals surface area contributed by atoms with Crippen LogP contribution in [-0.4, -0.2) is 28.9 Å². The molecule has 1 fully saturated rings. The number of rotatable bonds is 3. The number of benzene rings is 1. The van der Waals surface area contributed by atoms with Gasteiger partial charge in [0.25, 0.3) is 5.91 Å². The van der Waals surface area contributed by atoms with E-state index in [1.165, 1.54) is 24.2 Å². The predicted octanol–water partition coefficient (Wildman–Crippen LogP) is 3.53. The van der Waals surface area contributed by atoms with Crippen LogP contribution >= 0.6 is 11.3 Å². The van der Waals surface area contributed by atoms with E-state index in [1.807, 2.05) is 23.1 Å². The zero-order chi connectivity index (χ0) is 14.8. The standard InChI is InChI=1S/C16H21N3OS/c1-2-3-11-6-8-19(9-7-11)15(20)12-4-5-13-14(10-12)21-16(17)18-13/h4-5,10-11H,2-3,6-9H2,1H3,(H2,17,18). The van der Waals surface area contributed by atoms with E-state index in [4.69, 9.17) is 5.73 Å². The largest absolute Gasteiger partial charge is 0.375 e. The van der Waals surface area contributed by atoms with E-state index < -0.39 is 0 Å². The minimum atomic E-state index is 0.138. The molecule has 112 valence electrons. The summed E-state index contributed by atoms with van der Waals surface area (Å²) in [6.07, 6.45) is 4.79. The second-order valence-electron chi connectivity index (χ2n) is 5.76. The molecular formula is C16H21N3OS. The minimum Gasteiger partial charge on any atom is -0.375 e. The maximum absolute atomic E-state index is 12.6. The van der Waals surface area contributed by atoms with Gasteiger partial charge in [0.15, 0.2) is 5.13 Å². The Morgan fingerprint density at radius 1 is 1.43 bits per heavy atom. The highest BCUT2D eigenvalue weighted by Crippen LogP contribution is 2.27. The monoisotopic (exact) mass is 303 g/mol. The zero-order valence-corrected chi connectivity index (χ0v) is 13.2. The van der Waals surface area contributed by atoms with Crippen molar-refractivity contribution < 1.29 is 4.79 Å². The molecule has 1 saturated heterocycles. The van der Waals surface area contributed by atoms with E-state index >= 15 is 0 Å². The van der Waals surface area contributed by atoms with Gasteiger partial charge >= 0.3 is 0 Å². The minimum absolute atomic E-state index is 0.138. The summed E-state index contributed by atoms with van der Waals surface area (Å²) in [6.45, 7) is 3.99. The number of aromatic nitrogens is 1. The number of fused-ring (bicyclic) bond motifs is 1. The van der Waals surface area contributed by atoms with Gasteiger partial charge in [-0.05, 0) is 37.0 Å². The van der Waals surface area contributed by atoms with Crippen molar-refractivity contribution in [3.63, 3.8) is 0 Å². The van der Waals surface area contributed by atoms with Gasteiger partial charge in [-0.25, -0.2) is 4.98 Å². The average Bonchev–Trinajstić information content (AvgIpc) is 2.86. The molecule has 2 aromatic rings. The van der Waals surface area contributed by atoms with Gasteiger partial charge in [-0.2, -0.15) is 0 Å². The molecule has 0 unspecified atom stereocenters. The van der Waals surface area contributed by atoms with Crippen LogP contribution in [0.4, 0.5) is 5.13 Å². The summed E-state index contributed by atoms with van der Waals surface area (Å²) in [6, 6.07) is 5.67. The van der Waals surface area contributed by atoms with E-state index in [9.17, 15) is 4.79 Å². The quantitative estimate of drug-likeness (QED) is 0.943. The van der Waals surface area contributed by atoms with Gasteiger partial charge in [0.1, 0.15) is 0 Å². The fourth-order valence-electron chi connectivity index (χ4n) is 3.09. The molecule has 0 spiro atoms. The van der Waals surface area contributed by atoms with Crippen molar-refractivity contribution in [3.8, 4) is 0 Å². The number of piperidine rings is 1. The Kier molecular flexibility index (Phi) is 4.10. The molecule has 0 aliphatic carbocycles. The molecule has 0 bridgehead atoms. The number of hydrogen-bond acceptors (Lipinski definition) is 4. The number of nitrogens with two attached hydrogens (primary N) is 1. The van der Waals surface area contributed by atoms with Crippen molar-refractivity contribution in [2.75, 3.05) is 18.8 Å². The number of nitrogen functional groups attached to an aromatic ring is 1. The smallest absolute Gasteiger partial charge is 0.253 e. The fraction of sp³-hybridized carbons (Fsp3) is 0.500. The van der Waals surface area contributed by atoms with Crippen LogP contribution in [0, 0.1) is 5.92 Å². The highest BCUT2D eigenvalue weighted by Gasteiger charge is 2.23. The van der Waals surface area contributed by atoms with Crippen LogP contribution in [0.1, 0.15) is 43.0 Å². The van der Waals surface area contributed by atoms with Gasteiger partial charge < -0.3 is 10.6 Å². The summed E-state index contributed by atoms with van der Waals surface area (Å²) in [5, 5.41) is 0.551. The van der Waals surface area contributed by atoms with Crippen molar-refractivity contribution in [3.05, 3.63) is 23.8 Å². The van der Waals surface area contributed by atoms with E-state index in [1.54, 1.807) is 0 Å². The lowest BCUT2D eigenvalue weighted by Crippen LogP contribution is -2.38. The van der Waals surface area contributed by atoms with E-state index in [2.05, 4.69) is 11.9 Å². The van der Waals surface area contributed by atoms with Gasteiger partial charge in [-0.15, -0.1) is 0 Å². The summed E-state index contributed by atoms with van der Waals surface area (Å²) < 4.78 is 0.985. The zero-order valence-electron chi connectivity index (χ0n) is 12.3. The molecule has 21 heavy (non-hydrogen) atoms. The van der Waals surface area contributed by atoms with Gasteiger partial charge in [0, 0.05) is 18.7 Å². The van der Waals surface area contributed by atoms with Crippen LogP contribution in [0.3, 0.4) is 0 Å². The Morgan fingerprint density at radius 3 is 2.90 bits per heavy atom. The molecule has 1 aliphatic heterocycles. The first-order chi connectivity index (χ1) is 10.2. The van der Waals surface area contributed by atoms with Gasteiger partial charge in [-0.1, -0.05) is 31.1 Å². The van der Waals surface area contributed by atoms with Crippen LogP contribution < -0.4 is 5.73 Å². The van der Waals surface area contributed by atoms with Crippen LogP contribution in [0.5, 0.6) is 0 Å². The van der Waals surface area contributed by atoms with Crippen molar-refractivity contribution >= 4 is 32.6 Å². The number of hydrogen-bond donors (Lipinski definition) is 1. The molecule has 2 N–H and O–H groups in total. The molecule has 2 heterocycles. The lowest BCUT2D eigenvalue weighted by molar-refractivity contribution is 0.0687. The number of thiazole rings is 1. The van der Waals surface area contributed by atoms with Crippen LogP contribution in [0.2, 0.25) is 0 Å². The number of amides is 1. The third kappa shape index (κ3) is 3.02. The topological polar surface area (TPSA) is 59.2 Å². The summed E-state index contributed by atoms with van der Waals surface area (Å²) in [7, 11) is 0. The number of carbonyl (C=O) groups is 1. The van der Waals surface area contributed by atoms with Crippen molar-refractivity contribution in [2.24, 2.45) is 5.92 Å². The fourth-order valence-corrected chi connectivity index (χ4v) is 3.86. The third-order valence-corrected chi connectivity index (χ3v) is 5.10. The molecule has 4 nitrogen and oxygen atoms in total. The number of likely N-dealkylation sites (tertiary alicyclic amines) is 1. The number of anilines is 1. The maximum atomic E-state index is 12.6. The normalized spacial score (nSPS) is 16.5. The third-order valence-electron chi connectivity index (χ3n) is 4.25. The average molecular weight is 303 g/mol. The molecule has 1 aromatic heterocycles. The lowest BCUT2D eigenvalue weighted by atomic mass is 9.92. The second kappa shape index (κ2) is 6.02. The number of nitrogens with zero attached hydrogens (tertiary/aromatic N) is 2. The Morgan fingerprint density at radius 2 is 2.19 bits per heavy atom. The van der Waals surface area contributed by atoms with Crippen LogP contribution in [0.15, 0.2) is 18.2 Å². The highest BCUT2D eigenvalue weighted by molar-refractivity contribution is 7.22. The lowest BCUT2D eigenvalue weighted by Gasteiger charge is -2.32. The Balaban J connectivity index is 1.72. The van der Waals surface area contributed by atoms with Crippen molar-refractivity contribution in [1.82, 2.24) is 9.88 Å². The van der Waals surface area contributed by atoms with E-state index in [0.717, 1.165) is 47.6 Å². The highest BCUT2D eigenvalue weighted by atomic mass is 32.1.